The highest BCUT2D eigenvalue weighted by atomic mass is 19.1. The van der Waals surface area contributed by atoms with E-state index in [2.05, 4.69) is 0 Å². The minimum atomic E-state index is -0.929. The fourth-order valence-corrected chi connectivity index (χ4v) is 4.58. The Balaban J connectivity index is 1.83. The third-order valence-corrected chi connectivity index (χ3v) is 6.12. The number of anilines is 1. The second-order valence-electron chi connectivity index (χ2n) is 8.06. The molecule has 2 heterocycles. The van der Waals surface area contributed by atoms with Crippen LogP contribution in [0.15, 0.2) is 84.6 Å². The first-order valence-corrected chi connectivity index (χ1v) is 10.7. The van der Waals surface area contributed by atoms with Gasteiger partial charge in [-0.2, -0.15) is 0 Å². The summed E-state index contributed by atoms with van der Waals surface area (Å²) >= 11 is 0. The lowest BCUT2D eigenvalue weighted by Gasteiger charge is -2.25. The van der Waals surface area contributed by atoms with Crippen molar-refractivity contribution in [2.45, 2.75) is 6.04 Å². The number of methoxy groups -OCH3 is 1. The fraction of sp³-hybridized carbons (Fsp3) is 0.111. The van der Waals surface area contributed by atoms with E-state index in [-0.39, 0.29) is 16.9 Å². The van der Waals surface area contributed by atoms with Gasteiger partial charge in [0.2, 0.25) is 0 Å². The lowest BCUT2D eigenvalue weighted by atomic mass is 9.94. The van der Waals surface area contributed by atoms with E-state index in [9.17, 15) is 19.1 Å². The first-order valence-electron chi connectivity index (χ1n) is 10.7. The number of benzene rings is 3. The van der Waals surface area contributed by atoms with E-state index in [4.69, 9.17) is 4.74 Å². The molecule has 0 saturated carbocycles. The summed E-state index contributed by atoms with van der Waals surface area (Å²) < 4.78 is 21.3. The summed E-state index contributed by atoms with van der Waals surface area (Å²) in [5.74, 6) is -2.56. The van der Waals surface area contributed by atoms with Crippen molar-refractivity contribution in [2.75, 3.05) is 12.0 Å². The molecule has 0 spiro atoms. The molecule has 34 heavy (non-hydrogen) atoms. The number of carbonyl (C=O) groups is 2. The van der Waals surface area contributed by atoms with Gasteiger partial charge in [-0.1, -0.05) is 36.4 Å². The molecule has 7 heteroatoms. The normalized spacial score (nSPS) is 17.5. The van der Waals surface area contributed by atoms with Crippen LogP contribution in [-0.2, 0) is 16.6 Å². The number of para-hydroxylation sites is 2. The summed E-state index contributed by atoms with van der Waals surface area (Å²) in [6.07, 6.45) is 1.84. The van der Waals surface area contributed by atoms with Gasteiger partial charge in [-0.25, -0.2) is 4.39 Å². The monoisotopic (exact) mass is 456 g/mol. The lowest BCUT2D eigenvalue weighted by molar-refractivity contribution is -0.132. The quantitative estimate of drug-likeness (QED) is 0.268. The Morgan fingerprint density at radius 1 is 1.00 bits per heavy atom. The van der Waals surface area contributed by atoms with Crippen molar-refractivity contribution < 1.29 is 23.8 Å². The van der Waals surface area contributed by atoms with Gasteiger partial charge in [-0.3, -0.25) is 14.5 Å². The number of carbonyl (C=O) groups excluding carboxylic acids is 2. The first-order chi connectivity index (χ1) is 16.4. The van der Waals surface area contributed by atoms with Gasteiger partial charge in [-0.15, -0.1) is 0 Å². The number of aromatic nitrogens is 1. The zero-order valence-corrected chi connectivity index (χ0v) is 18.5. The Hall–Kier alpha value is -4.39. The van der Waals surface area contributed by atoms with Gasteiger partial charge in [0.25, 0.3) is 11.7 Å². The van der Waals surface area contributed by atoms with Crippen molar-refractivity contribution in [1.82, 2.24) is 4.57 Å². The Bertz CT molecular complexity index is 1470. The van der Waals surface area contributed by atoms with E-state index in [0.29, 0.717) is 11.3 Å². The number of Topliss-reactive ketones (excluding diaryl/α,β-unsaturated/α-hetero) is 1. The fourth-order valence-electron chi connectivity index (χ4n) is 4.58. The number of ether oxygens (including phenoxy) is 1. The van der Waals surface area contributed by atoms with Gasteiger partial charge >= 0.3 is 0 Å². The highest BCUT2D eigenvalue weighted by molar-refractivity contribution is 6.52. The zero-order valence-electron chi connectivity index (χ0n) is 18.5. The third kappa shape index (κ3) is 3.25. The van der Waals surface area contributed by atoms with E-state index in [1.54, 1.807) is 24.3 Å². The molecule has 5 rings (SSSR count). The molecule has 1 atom stereocenters. The second kappa shape index (κ2) is 8.19. The van der Waals surface area contributed by atoms with E-state index < -0.39 is 29.3 Å². The summed E-state index contributed by atoms with van der Waals surface area (Å²) in [6, 6.07) is 19.1. The molecule has 0 aliphatic carbocycles. The third-order valence-electron chi connectivity index (χ3n) is 6.12. The number of hydrogen-bond acceptors (Lipinski definition) is 4. The molecule has 1 N–H and O–H groups in total. The highest BCUT2D eigenvalue weighted by Gasteiger charge is 2.48. The van der Waals surface area contributed by atoms with Crippen LogP contribution in [0.5, 0.6) is 5.75 Å². The number of fused-ring (bicyclic) bond motifs is 1. The van der Waals surface area contributed by atoms with Gasteiger partial charge < -0.3 is 14.4 Å². The number of aliphatic hydroxyl groups is 1. The number of rotatable bonds is 4. The summed E-state index contributed by atoms with van der Waals surface area (Å²) in [7, 11) is 3.25. The number of nitrogens with zero attached hydrogens (tertiary/aromatic N) is 2. The van der Waals surface area contributed by atoms with Crippen LogP contribution in [0.25, 0.3) is 16.7 Å². The van der Waals surface area contributed by atoms with Crippen LogP contribution in [0, 0.1) is 5.82 Å². The molecule has 1 aromatic heterocycles. The molecule has 1 amide bonds. The topological polar surface area (TPSA) is 71.8 Å². The Kier molecular flexibility index (Phi) is 5.17. The molecule has 0 radical (unpaired) electrons. The number of halogens is 1. The molecule has 4 aromatic rings. The van der Waals surface area contributed by atoms with Crippen molar-refractivity contribution in [3.8, 4) is 5.75 Å². The molecule has 1 aliphatic heterocycles. The second-order valence-corrected chi connectivity index (χ2v) is 8.06. The molecular weight excluding hydrogens is 435 g/mol. The van der Waals surface area contributed by atoms with Crippen LogP contribution in [0.4, 0.5) is 10.1 Å². The largest absolute Gasteiger partial charge is 0.507 e. The van der Waals surface area contributed by atoms with Gasteiger partial charge in [0, 0.05) is 35.4 Å². The maximum atomic E-state index is 14.1. The van der Waals surface area contributed by atoms with Gasteiger partial charge in [0.05, 0.1) is 24.3 Å². The van der Waals surface area contributed by atoms with Crippen molar-refractivity contribution in [2.24, 2.45) is 7.05 Å². The van der Waals surface area contributed by atoms with Crippen molar-refractivity contribution >= 4 is 34.0 Å². The number of hydrogen-bond donors (Lipinski definition) is 1. The standard InChI is InChI=1S/C27H21FN2O4/c1-29-15-20(18-10-6-7-11-21(18)29)24-23(25(31)19-14-16(28)12-13-22(19)34-2)26(32)27(33)30(24)17-8-4-3-5-9-17/h3-15,24,31H,1-2H3/b25-23+. The van der Waals surface area contributed by atoms with E-state index >= 15 is 0 Å². The van der Waals surface area contributed by atoms with Gasteiger partial charge in [0.1, 0.15) is 17.3 Å². The van der Waals surface area contributed by atoms with Gasteiger partial charge in [-0.05, 0) is 36.4 Å². The predicted octanol–water partition coefficient (Wildman–Crippen LogP) is 4.95. The van der Waals surface area contributed by atoms with Gasteiger partial charge in [0.15, 0.2) is 0 Å². The highest BCUT2D eigenvalue weighted by Crippen LogP contribution is 2.45. The zero-order chi connectivity index (χ0) is 24.0. The van der Waals surface area contributed by atoms with Crippen LogP contribution in [0.3, 0.4) is 0 Å². The van der Waals surface area contributed by atoms with Crippen molar-refractivity contribution in [3.63, 3.8) is 0 Å². The predicted molar refractivity (Wildman–Crippen MR) is 127 cm³/mol. The van der Waals surface area contributed by atoms with Crippen molar-refractivity contribution in [1.29, 1.82) is 0 Å². The number of amides is 1. The maximum absolute atomic E-state index is 14.1. The number of aliphatic hydroxyl groups excluding tert-OH is 1. The number of aryl methyl sites for hydroxylation is 1. The summed E-state index contributed by atoms with van der Waals surface area (Å²) in [5.41, 5.74) is 1.94. The van der Waals surface area contributed by atoms with Crippen LogP contribution in [0.1, 0.15) is 17.2 Å². The minimum Gasteiger partial charge on any atom is -0.507 e. The van der Waals surface area contributed by atoms with Crippen LogP contribution in [0.2, 0.25) is 0 Å². The Labute approximate surface area is 195 Å². The molecule has 1 fully saturated rings. The molecule has 1 unspecified atom stereocenters. The van der Waals surface area contributed by atoms with E-state index in [0.717, 1.165) is 17.0 Å². The van der Waals surface area contributed by atoms with Crippen LogP contribution < -0.4 is 9.64 Å². The molecule has 6 nitrogen and oxygen atoms in total. The Morgan fingerprint density at radius 3 is 2.44 bits per heavy atom. The SMILES string of the molecule is COc1ccc(F)cc1/C(O)=C1\C(=O)C(=O)N(c2ccccc2)C1c1cn(C)c2ccccc12. The number of ketones is 1. The molecule has 1 saturated heterocycles. The summed E-state index contributed by atoms with van der Waals surface area (Å²) in [4.78, 5) is 28.1. The maximum Gasteiger partial charge on any atom is 0.300 e. The van der Waals surface area contributed by atoms with Crippen LogP contribution in [-0.4, -0.2) is 28.5 Å². The Morgan fingerprint density at radius 2 is 1.71 bits per heavy atom. The molecule has 1 aliphatic rings. The molecular formula is C27H21FN2O4. The van der Waals surface area contributed by atoms with Crippen molar-refractivity contribution in [3.05, 3.63) is 102 Å². The van der Waals surface area contributed by atoms with Crippen LogP contribution >= 0.6 is 0 Å². The molecule has 170 valence electrons. The van der Waals surface area contributed by atoms with E-state index in [1.807, 2.05) is 48.1 Å². The van der Waals surface area contributed by atoms with E-state index in [1.165, 1.54) is 24.1 Å². The average Bonchev–Trinajstić information content (AvgIpc) is 3.32. The smallest absolute Gasteiger partial charge is 0.300 e. The molecule has 0 bridgehead atoms. The average molecular weight is 456 g/mol. The summed E-state index contributed by atoms with van der Waals surface area (Å²) in [5, 5.41) is 12.2. The summed E-state index contributed by atoms with van der Waals surface area (Å²) in [6.45, 7) is 0. The first kappa shape index (κ1) is 21.5. The lowest BCUT2D eigenvalue weighted by Crippen LogP contribution is -2.29. The minimum absolute atomic E-state index is 0.00111. The molecule has 3 aromatic carbocycles.